The van der Waals surface area contributed by atoms with E-state index in [9.17, 15) is 8.42 Å². The summed E-state index contributed by atoms with van der Waals surface area (Å²) in [5.41, 5.74) is 6.68. The second kappa shape index (κ2) is 5.39. The van der Waals surface area contributed by atoms with Crippen molar-refractivity contribution in [2.75, 3.05) is 26.7 Å². The minimum atomic E-state index is -3.42. The first kappa shape index (κ1) is 15.0. The smallest absolute Gasteiger partial charge is 0.244 e. The van der Waals surface area contributed by atoms with E-state index in [1.807, 2.05) is 18.5 Å². The van der Waals surface area contributed by atoms with Crippen LogP contribution in [0.3, 0.4) is 0 Å². The molecular weight excluding hydrogens is 288 g/mol. The highest BCUT2D eigenvalue weighted by Crippen LogP contribution is 2.37. The predicted octanol–water partition coefficient (Wildman–Crippen LogP) is 0.606. The number of sulfonamides is 1. The monoisotopic (exact) mass is 312 g/mol. The molecule has 1 atom stereocenters. The molecule has 7 heteroatoms. The molecule has 6 nitrogen and oxygen atoms in total. The molecule has 1 aliphatic carbocycles. The lowest BCUT2D eigenvalue weighted by molar-refractivity contribution is 0.170. The van der Waals surface area contributed by atoms with Gasteiger partial charge in [0.05, 0.1) is 0 Å². The van der Waals surface area contributed by atoms with Gasteiger partial charge in [-0.3, -0.25) is 0 Å². The Bertz CT molecular complexity index is 621. The van der Waals surface area contributed by atoms with Crippen molar-refractivity contribution in [3.8, 4) is 0 Å². The maximum atomic E-state index is 12.9. The third-order valence-electron chi connectivity index (χ3n) is 4.43. The molecule has 1 aromatic rings. The summed E-state index contributed by atoms with van der Waals surface area (Å²) in [6.07, 6.45) is 4.01. The van der Waals surface area contributed by atoms with Gasteiger partial charge in [0.25, 0.3) is 0 Å². The molecule has 1 aliphatic heterocycles. The Morgan fingerprint density at radius 3 is 2.62 bits per heavy atom. The Morgan fingerprint density at radius 2 is 2.05 bits per heavy atom. The fourth-order valence-corrected chi connectivity index (χ4v) is 4.77. The Kier molecular flexibility index (Phi) is 3.85. The van der Waals surface area contributed by atoms with E-state index in [2.05, 4.69) is 4.90 Å². The van der Waals surface area contributed by atoms with Crippen LogP contribution in [-0.2, 0) is 16.6 Å². The Labute approximate surface area is 126 Å². The van der Waals surface area contributed by atoms with Gasteiger partial charge in [0.2, 0.25) is 10.0 Å². The quantitative estimate of drug-likeness (QED) is 0.884. The number of nitrogens with zero attached hydrogens (tertiary/aromatic N) is 3. The highest BCUT2D eigenvalue weighted by Gasteiger charge is 2.35. The van der Waals surface area contributed by atoms with Gasteiger partial charge in [-0.05, 0) is 32.9 Å². The van der Waals surface area contributed by atoms with Crippen LogP contribution >= 0.6 is 0 Å². The van der Waals surface area contributed by atoms with Crippen LogP contribution in [0.5, 0.6) is 0 Å². The number of nitrogens with two attached hydrogens (primary N) is 1. The summed E-state index contributed by atoms with van der Waals surface area (Å²) in [6.45, 7) is 4.44. The van der Waals surface area contributed by atoms with Gasteiger partial charge >= 0.3 is 0 Å². The molecule has 0 aromatic carbocycles. The molecule has 1 saturated carbocycles. The molecule has 0 bridgehead atoms. The van der Waals surface area contributed by atoms with Gasteiger partial charge in [-0.15, -0.1) is 0 Å². The largest absolute Gasteiger partial charge is 0.346 e. The van der Waals surface area contributed by atoms with E-state index < -0.39 is 10.0 Å². The number of rotatable bonds is 4. The van der Waals surface area contributed by atoms with E-state index in [4.69, 9.17) is 5.73 Å². The standard InChI is InChI=1S/C14H24N4O2S/c1-11-9-16(2)5-6-18(11)21(19,20)14-7-13(8-15)17(10-14)12-3-4-12/h7,10-12H,3-6,8-9,15H2,1-2H3. The zero-order valence-corrected chi connectivity index (χ0v) is 13.5. The second-order valence-corrected chi connectivity index (χ2v) is 8.13. The number of aromatic nitrogens is 1. The van der Waals surface area contributed by atoms with Crippen molar-refractivity contribution in [3.05, 3.63) is 18.0 Å². The van der Waals surface area contributed by atoms with Gasteiger partial charge < -0.3 is 15.2 Å². The average molecular weight is 312 g/mol. The Balaban J connectivity index is 1.91. The summed E-state index contributed by atoms with van der Waals surface area (Å²) >= 11 is 0. The number of likely N-dealkylation sites (N-methyl/N-ethyl adjacent to an activating group) is 1. The molecule has 2 aliphatic rings. The second-order valence-electron chi connectivity index (χ2n) is 6.24. The Morgan fingerprint density at radius 1 is 1.33 bits per heavy atom. The number of hydrogen-bond acceptors (Lipinski definition) is 4. The topological polar surface area (TPSA) is 71.6 Å². The molecule has 0 spiro atoms. The van der Waals surface area contributed by atoms with Crippen molar-refractivity contribution in [2.45, 2.75) is 43.3 Å². The zero-order valence-electron chi connectivity index (χ0n) is 12.7. The first-order chi connectivity index (χ1) is 9.93. The van der Waals surface area contributed by atoms with Gasteiger partial charge in [0, 0.05) is 50.2 Å². The summed E-state index contributed by atoms with van der Waals surface area (Å²) in [5.74, 6) is 0. The highest BCUT2D eigenvalue weighted by atomic mass is 32.2. The van der Waals surface area contributed by atoms with Crippen LogP contribution in [0.2, 0.25) is 0 Å². The first-order valence-electron chi connectivity index (χ1n) is 7.54. The summed E-state index contributed by atoms with van der Waals surface area (Å²) in [7, 11) is -1.40. The molecule has 2 heterocycles. The summed E-state index contributed by atoms with van der Waals surface area (Å²) in [6, 6.07) is 2.19. The Hall–Kier alpha value is -0.890. The summed E-state index contributed by atoms with van der Waals surface area (Å²) in [4.78, 5) is 2.56. The van der Waals surface area contributed by atoms with Gasteiger partial charge in [0.15, 0.2) is 0 Å². The van der Waals surface area contributed by atoms with Crippen molar-refractivity contribution >= 4 is 10.0 Å². The van der Waals surface area contributed by atoms with E-state index in [0.717, 1.165) is 31.6 Å². The van der Waals surface area contributed by atoms with Crippen LogP contribution in [0.1, 0.15) is 31.5 Å². The van der Waals surface area contributed by atoms with Gasteiger partial charge in [0.1, 0.15) is 4.90 Å². The maximum absolute atomic E-state index is 12.9. The zero-order chi connectivity index (χ0) is 15.2. The maximum Gasteiger partial charge on any atom is 0.244 e. The number of hydrogen-bond donors (Lipinski definition) is 1. The van der Waals surface area contributed by atoms with E-state index >= 15 is 0 Å². The molecule has 0 radical (unpaired) electrons. The lowest BCUT2D eigenvalue weighted by atomic mass is 10.2. The minimum absolute atomic E-state index is 0.000600. The fraction of sp³-hybridized carbons (Fsp3) is 0.714. The van der Waals surface area contributed by atoms with Crippen LogP contribution < -0.4 is 5.73 Å². The summed E-state index contributed by atoms with van der Waals surface area (Å²) in [5, 5.41) is 0. The molecule has 118 valence electrons. The van der Waals surface area contributed by atoms with Crippen LogP contribution in [0.15, 0.2) is 17.2 Å². The summed E-state index contributed by atoms with van der Waals surface area (Å²) < 4.78 is 29.4. The lowest BCUT2D eigenvalue weighted by Gasteiger charge is -2.36. The molecule has 1 aromatic heterocycles. The molecule has 1 unspecified atom stereocenters. The van der Waals surface area contributed by atoms with Gasteiger partial charge in [-0.2, -0.15) is 4.31 Å². The third kappa shape index (κ3) is 2.75. The molecule has 2 fully saturated rings. The van der Waals surface area contributed by atoms with Crippen molar-refractivity contribution in [2.24, 2.45) is 5.73 Å². The van der Waals surface area contributed by atoms with E-state index in [1.54, 1.807) is 16.6 Å². The fourth-order valence-electron chi connectivity index (χ4n) is 3.11. The van der Waals surface area contributed by atoms with Crippen LogP contribution in [-0.4, -0.2) is 54.9 Å². The van der Waals surface area contributed by atoms with E-state index in [1.165, 1.54) is 0 Å². The van der Waals surface area contributed by atoms with Crippen molar-refractivity contribution in [1.82, 2.24) is 13.8 Å². The SMILES string of the molecule is CC1CN(C)CCN1S(=O)(=O)c1cc(CN)n(C2CC2)c1. The molecule has 2 N–H and O–H groups in total. The minimum Gasteiger partial charge on any atom is -0.346 e. The average Bonchev–Trinajstić information content (AvgIpc) is 3.16. The number of piperazine rings is 1. The van der Waals surface area contributed by atoms with Crippen LogP contribution in [0.4, 0.5) is 0 Å². The van der Waals surface area contributed by atoms with Crippen molar-refractivity contribution < 1.29 is 8.42 Å². The van der Waals surface area contributed by atoms with E-state index in [-0.39, 0.29) is 6.04 Å². The van der Waals surface area contributed by atoms with Crippen molar-refractivity contribution in [1.29, 1.82) is 0 Å². The molecule has 3 rings (SSSR count). The lowest BCUT2D eigenvalue weighted by Crippen LogP contribution is -2.52. The highest BCUT2D eigenvalue weighted by molar-refractivity contribution is 7.89. The van der Waals surface area contributed by atoms with Gasteiger partial charge in [-0.25, -0.2) is 8.42 Å². The van der Waals surface area contributed by atoms with Crippen molar-refractivity contribution in [3.63, 3.8) is 0 Å². The molecule has 0 amide bonds. The van der Waals surface area contributed by atoms with E-state index in [0.29, 0.717) is 24.0 Å². The molecule has 21 heavy (non-hydrogen) atoms. The third-order valence-corrected chi connectivity index (χ3v) is 6.41. The van der Waals surface area contributed by atoms with Crippen LogP contribution in [0, 0.1) is 0 Å². The normalized spacial score (nSPS) is 25.4. The van der Waals surface area contributed by atoms with Gasteiger partial charge in [-0.1, -0.05) is 0 Å². The van der Waals surface area contributed by atoms with Crippen LogP contribution in [0.25, 0.3) is 0 Å². The molecular formula is C14H24N4O2S. The first-order valence-corrected chi connectivity index (χ1v) is 8.98. The predicted molar refractivity (Wildman–Crippen MR) is 81.4 cm³/mol. The molecule has 1 saturated heterocycles.